The SMILES string of the molecule is NC(=O)CONCc1ccc(OC(F)(F)F)cc1. The van der Waals surface area contributed by atoms with E-state index in [-0.39, 0.29) is 18.9 Å². The molecule has 1 aromatic rings. The predicted octanol–water partition coefficient (Wildman–Crippen LogP) is 1.09. The van der Waals surface area contributed by atoms with E-state index in [9.17, 15) is 18.0 Å². The lowest BCUT2D eigenvalue weighted by Crippen LogP contribution is -2.24. The van der Waals surface area contributed by atoms with Gasteiger partial charge in [0.15, 0.2) is 0 Å². The first-order valence-electron chi connectivity index (χ1n) is 4.84. The van der Waals surface area contributed by atoms with E-state index in [1.165, 1.54) is 24.3 Å². The van der Waals surface area contributed by atoms with Crippen molar-refractivity contribution >= 4 is 5.91 Å². The number of benzene rings is 1. The Morgan fingerprint density at radius 3 is 2.39 bits per heavy atom. The maximum absolute atomic E-state index is 11.9. The topological polar surface area (TPSA) is 73.6 Å². The lowest BCUT2D eigenvalue weighted by atomic mass is 10.2. The Labute approximate surface area is 101 Å². The minimum atomic E-state index is -4.70. The zero-order chi connectivity index (χ0) is 13.6. The van der Waals surface area contributed by atoms with Crippen LogP contribution in [0, 0.1) is 0 Å². The molecule has 0 radical (unpaired) electrons. The second-order valence-corrected chi connectivity index (χ2v) is 3.27. The fourth-order valence-corrected chi connectivity index (χ4v) is 1.07. The Kier molecular flexibility index (Phi) is 4.93. The van der Waals surface area contributed by atoms with Gasteiger partial charge in [0.1, 0.15) is 12.4 Å². The van der Waals surface area contributed by atoms with Crippen LogP contribution in [0.15, 0.2) is 24.3 Å². The summed E-state index contributed by atoms with van der Waals surface area (Å²) in [5.74, 6) is -0.930. The molecule has 8 heteroatoms. The molecule has 0 aromatic heterocycles. The second kappa shape index (κ2) is 6.22. The summed E-state index contributed by atoms with van der Waals surface area (Å²) in [6, 6.07) is 5.22. The standard InChI is InChI=1S/C10H11F3N2O3/c11-10(12,13)18-8-3-1-7(2-4-8)5-15-17-6-9(14)16/h1-4,15H,5-6H2,(H2,14,16). The van der Waals surface area contributed by atoms with Crippen LogP contribution >= 0.6 is 0 Å². The molecule has 1 rings (SSSR count). The zero-order valence-corrected chi connectivity index (χ0v) is 9.16. The molecule has 100 valence electrons. The van der Waals surface area contributed by atoms with E-state index in [2.05, 4.69) is 15.1 Å². The molecule has 0 aliphatic rings. The van der Waals surface area contributed by atoms with Crippen molar-refractivity contribution in [1.29, 1.82) is 0 Å². The van der Waals surface area contributed by atoms with E-state index >= 15 is 0 Å². The summed E-state index contributed by atoms with van der Waals surface area (Å²) in [6.07, 6.45) is -4.70. The highest BCUT2D eigenvalue weighted by Gasteiger charge is 2.30. The molecular formula is C10H11F3N2O3. The maximum Gasteiger partial charge on any atom is 0.573 e. The van der Waals surface area contributed by atoms with Crippen LogP contribution in [0.5, 0.6) is 5.75 Å². The van der Waals surface area contributed by atoms with Gasteiger partial charge >= 0.3 is 6.36 Å². The molecule has 0 unspecified atom stereocenters. The van der Waals surface area contributed by atoms with Crippen LogP contribution in [0.1, 0.15) is 5.56 Å². The van der Waals surface area contributed by atoms with Gasteiger partial charge in [-0.2, -0.15) is 5.48 Å². The van der Waals surface area contributed by atoms with Crippen LogP contribution in [-0.2, 0) is 16.2 Å². The van der Waals surface area contributed by atoms with Crippen LogP contribution < -0.4 is 16.0 Å². The van der Waals surface area contributed by atoms with E-state index in [1.54, 1.807) is 0 Å². The van der Waals surface area contributed by atoms with Gasteiger partial charge in [0, 0.05) is 6.54 Å². The van der Waals surface area contributed by atoms with Crippen LogP contribution in [0.25, 0.3) is 0 Å². The molecule has 18 heavy (non-hydrogen) atoms. The summed E-state index contributed by atoms with van der Waals surface area (Å²) in [5.41, 5.74) is 7.92. The van der Waals surface area contributed by atoms with Gasteiger partial charge in [-0.1, -0.05) is 12.1 Å². The van der Waals surface area contributed by atoms with E-state index in [0.29, 0.717) is 5.56 Å². The number of hydroxylamine groups is 1. The molecule has 0 saturated heterocycles. The molecule has 0 bridgehead atoms. The number of carbonyl (C=O) groups excluding carboxylic acids is 1. The third-order valence-electron chi connectivity index (χ3n) is 1.75. The number of hydrogen-bond acceptors (Lipinski definition) is 4. The average Bonchev–Trinajstić information content (AvgIpc) is 2.24. The number of alkyl halides is 3. The first-order valence-corrected chi connectivity index (χ1v) is 4.84. The van der Waals surface area contributed by atoms with E-state index in [1.807, 2.05) is 0 Å². The van der Waals surface area contributed by atoms with Crippen molar-refractivity contribution < 1.29 is 27.5 Å². The molecule has 0 fully saturated rings. The molecule has 5 nitrogen and oxygen atoms in total. The number of halogens is 3. The normalized spacial score (nSPS) is 11.3. The molecule has 1 amide bonds. The highest BCUT2D eigenvalue weighted by molar-refractivity contribution is 5.74. The number of carbonyl (C=O) groups is 1. The highest BCUT2D eigenvalue weighted by Crippen LogP contribution is 2.22. The van der Waals surface area contributed by atoms with Gasteiger partial charge < -0.3 is 10.5 Å². The third kappa shape index (κ3) is 6.06. The number of amides is 1. The van der Waals surface area contributed by atoms with Gasteiger partial charge in [-0.15, -0.1) is 13.2 Å². The molecule has 0 spiro atoms. The van der Waals surface area contributed by atoms with Gasteiger partial charge in [0.2, 0.25) is 5.91 Å². The average molecular weight is 264 g/mol. The van der Waals surface area contributed by atoms with Crippen molar-refractivity contribution in [1.82, 2.24) is 5.48 Å². The highest BCUT2D eigenvalue weighted by atomic mass is 19.4. The molecular weight excluding hydrogens is 253 g/mol. The lowest BCUT2D eigenvalue weighted by molar-refractivity contribution is -0.274. The van der Waals surface area contributed by atoms with Crippen LogP contribution in [-0.4, -0.2) is 18.9 Å². The fraction of sp³-hybridized carbons (Fsp3) is 0.300. The van der Waals surface area contributed by atoms with Gasteiger partial charge in [-0.05, 0) is 17.7 Å². The van der Waals surface area contributed by atoms with E-state index in [4.69, 9.17) is 5.73 Å². The van der Waals surface area contributed by atoms with Crippen molar-refractivity contribution in [2.45, 2.75) is 12.9 Å². The van der Waals surface area contributed by atoms with E-state index in [0.717, 1.165) is 0 Å². The number of ether oxygens (including phenoxy) is 1. The third-order valence-corrected chi connectivity index (χ3v) is 1.75. The second-order valence-electron chi connectivity index (χ2n) is 3.27. The summed E-state index contributed by atoms with van der Waals surface area (Å²) >= 11 is 0. The number of rotatable bonds is 6. The predicted molar refractivity (Wildman–Crippen MR) is 55.1 cm³/mol. The Morgan fingerprint density at radius 2 is 1.89 bits per heavy atom. The minimum Gasteiger partial charge on any atom is -0.406 e. The number of nitrogens with one attached hydrogen (secondary N) is 1. The van der Waals surface area contributed by atoms with Gasteiger partial charge in [-0.25, -0.2) is 0 Å². The summed E-state index contributed by atoms with van der Waals surface area (Å²) < 4.78 is 39.3. The Bertz CT molecular complexity index is 392. The van der Waals surface area contributed by atoms with Gasteiger partial charge in [0.05, 0.1) is 0 Å². The maximum atomic E-state index is 11.9. The smallest absolute Gasteiger partial charge is 0.406 e. The summed E-state index contributed by atoms with van der Waals surface area (Å²) in [5, 5.41) is 0. The molecule has 0 heterocycles. The Hall–Kier alpha value is -1.80. The molecule has 0 atom stereocenters. The molecule has 0 aliphatic heterocycles. The van der Waals surface area contributed by atoms with Crippen molar-refractivity contribution in [2.24, 2.45) is 5.73 Å². The Balaban J connectivity index is 2.38. The largest absolute Gasteiger partial charge is 0.573 e. The fourth-order valence-electron chi connectivity index (χ4n) is 1.07. The quantitative estimate of drug-likeness (QED) is 0.596. The van der Waals surface area contributed by atoms with Crippen LogP contribution in [0.2, 0.25) is 0 Å². The lowest BCUT2D eigenvalue weighted by Gasteiger charge is -2.09. The van der Waals surface area contributed by atoms with Crippen LogP contribution in [0.4, 0.5) is 13.2 Å². The first-order chi connectivity index (χ1) is 8.37. The summed E-state index contributed by atoms with van der Waals surface area (Å²) in [7, 11) is 0. The van der Waals surface area contributed by atoms with Gasteiger partial charge in [-0.3, -0.25) is 9.63 Å². The van der Waals surface area contributed by atoms with Gasteiger partial charge in [0.25, 0.3) is 0 Å². The molecule has 3 N–H and O–H groups in total. The minimum absolute atomic E-state index is 0.222. The van der Waals surface area contributed by atoms with Crippen molar-refractivity contribution in [3.63, 3.8) is 0 Å². The molecule has 0 saturated carbocycles. The van der Waals surface area contributed by atoms with Crippen molar-refractivity contribution in [3.8, 4) is 5.75 Å². The number of primary amides is 1. The first kappa shape index (κ1) is 14.3. The Morgan fingerprint density at radius 1 is 1.28 bits per heavy atom. The van der Waals surface area contributed by atoms with Crippen molar-refractivity contribution in [3.05, 3.63) is 29.8 Å². The monoisotopic (exact) mass is 264 g/mol. The molecule has 0 aliphatic carbocycles. The van der Waals surface area contributed by atoms with Crippen molar-refractivity contribution in [2.75, 3.05) is 6.61 Å². The molecule has 1 aromatic carbocycles. The summed E-state index contributed by atoms with van der Waals surface area (Å²) in [6.45, 7) is -0.0607. The zero-order valence-electron chi connectivity index (χ0n) is 9.16. The number of hydrogen-bond donors (Lipinski definition) is 2. The van der Waals surface area contributed by atoms with E-state index < -0.39 is 12.3 Å². The number of nitrogens with two attached hydrogens (primary N) is 1. The van der Waals surface area contributed by atoms with Crippen LogP contribution in [0.3, 0.4) is 0 Å². The summed E-state index contributed by atoms with van der Waals surface area (Å²) in [4.78, 5) is 15.0.